The van der Waals surface area contributed by atoms with Crippen LogP contribution in [0.2, 0.25) is 0 Å². The number of hydrogen-bond donors (Lipinski definition) is 1. The second kappa shape index (κ2) is 6.75. The van der Waals surface area contributed by atoms with Crippen LogP contribution in [0.15, 0.2) is 34.0 Å². The van der Waals surface area contributed by atoms with Gasteiger partial charge in [0.05, 0.1) is 22.9 Å². The Balaban J connectivity index is 2.43. The van der Waals surface area contributed by atoms with Crippen LogP contribution >= 0.6 is 0 Å². The molecule has 0 saturated carbocycles. The number of fused-ring (bicyclic) bond motifs is 1. The average Bonchev–Trinajstić information content (AvgIpc) is 3.01. The minimum absolute atomic E-state index is 0.0721. The minimum atomic E-state index is -4.19. The third kappa shape index (κ3) is 3.13. The molecule has 0 aliphatic rings. The third-order valence-corrected chi connectivity index (χ3v) is 5.39. The molecule has 3 rings (SSSR count). The lowest BCUT2D eigenvalue weighted by Gasteiger charge is -2.19. The number of H-pyrrole nitrogens is 1. The highest BCUT2D eigenvalue weighted by Crippen LogP contribution is 2.26. The molecule has 0 aliphatic heterocycles. The molecule has 1 aromatic carbocycles. The van der Waals surface area contributed by atoms with Crippen LogP contribution in [-0.4, -0.2) is 40.0 Å². The van der Waals surface area contributed by atoms with E-state index in [0.29, 0.717) is 11.1 Å². The summed E-state index contributed by atoms with van der Waals surface area (Å²) < 4.78 is 26.1. The summed E-state index contributed by atoms with van der Waals surface area (Å²) in [4.78, 5) is 39.8. The summed E-state index contributed by atoms with van der Waals surface area (Å²) in [5.74, 6) is -0.980. The number of carbonyl (C=O) groups excluding carboxylic acids is 1. The Kier molecular flexibility index (Phi) is 4.71. The lowest BCUT2D eigenvalue weighted by molar-refractivity contribution is -0.116. The second-order valence-corrected chi connectivity index (χ2v) is 8.13. The molecule has 0 bridgehead atoms. The number of sulfonamides is 1. The lowest BCUT2D eigenvalue weighted by Crippen LogP contribution is -2.55. The Morgan fingerprint density at radius 3 is 2.46 bits per heavy atom. The standard InChI is InChI=1S/C17H19N5O5S/c1-5-11-8-14-13(9-12(11)15-6-7-18-20(15)3)16(24)21(17(25)19-14)22(10(2)23)28(4,26)27/h6-9H,5H2,1-4H3,(H,19,25). The molecule has 1 amide bonds. The van der Waals surface area contributed by atoms with Crippen LogP contribution in [0.3, 0.4) is 0 Å². The van der Waals surface area contributed by atoms with Crippen LogP contribution < -0.4 is 15.7 Å². The van der Waals surface area contributed by atoms with Crippen LogP contribution in [0.5, 0.6) is 0 Å². The summed E-state index contributed by atoms with van der Waals surface area (Å²) in [6.45, 7) is 2.89. The normalized spacial score (nSPS) is 11.7. The van der Waals surface area contributed by atoms with Crippen molar-refractivity contribution >= 4 is 26.8 Å². The zero-order valence-electron chi connectivity index (χ0n) is 15.8. The highest BCUT2D eigenvalue weighted by molar-refractivity contribution is 7.92. The van der Waals surface area contributed by atoms with E-state index in [1.165, 1.54) is 0 Å². The van der Waals surface area contributed by atoms with E-state index >= 15 is 0 Å². The van der Waals surface area contributed by atoms with Crippen molar-refractivity contribution in [2.75, 3.05) is 10.7 Å². The van der Waals surface area contributed by atoms with E-state index in [2.05, 4.69) is 10.1 Å². The number of aromatic nitrogens is 4. The Morgan fingerprint density at radius 1 is 1.29 bits per heavy atom. The predicted molar refractivity (Wildman–Crippen MR) is 104 cm³/mol. The quantitative estimate of drug-likeness (QED) is 0.656. The molecule has 3 aromatic rings. The van der Waals surface area contributed by atoms with Crippen LogP contribution in [0, 0.1) is 0 Å². The first-order valence-electron chi connectivity index (χ1n) is 8.37. The maximum atomic E-state index is 13.0. The molecule has 0 aliphatic carbocycles. The van der Waals surface area contributed by atoms with Crippen molar-refractivity contribution in [1.29, 1.82) is 0 Å². The summed E-state index contributed by atoms with van der Waals surface area (Å²) in [5, 5.41) is 4.20. The van der Waals surface area contributed by atoms with Gasteiger partial charge in [0.2, 0.25) is 0 Å². The molecule has 0 radical (unpaired) electrons. The molecule has 0 fully saturated rings. The van der Waals surface area contributed by atoms with Gasteiger partial charge in [-0.05, 0) is 30.2 Å². The first kappa shape index (κ1) is 19.5. The van der Waals surface area contributed by atoms with Gasteiger partial charge in [-0.25, -0.2) is 13.2 Å². The van der Waals surface area contributed by atoms with Gasteiger partial charge in [-0.2, -0.15) is 5.10 Å². The van der Waals surface area contributed by atoms with Crippen molar-refractivity contribution in [2.24, 2.45) is 7.05 Å². The molecular formula is C17H19N5O5S. The summed E-state index contributed by atoms with van der Waals surface area (Å²) >= 11 is 0. The van der Waals surface area contributed by atoms with Crippen LogP contribution in [0.4, 0.5) is 0 Å². The van der Waals surface area contributed by atoms with Crippen molar-refractivity contribution in [3.63, 3.8) is 0 Å². The fourth-order valence-corrected chi connectivity index (χ4v) is 4.07. The number of carbonyl (C=O) groups is 1. The van der Waals surface area contributed by atoms with Gasteiger partial charge < -0.3 is 4.98 Å². The molecule has 0 saturated heterocycles. The largest absolute Gasteiger partial charge is 0.349 e. The number of aryl methyl sites for hydroxylation is 2. The molecule has 0 atom stereocenters. The molecule has 2 heterocycles. The van der Waals surface area contributed by atoms with E-state index in [1.54, 1.807) is 36.1 Å². The fraction of sp³-hybridized carbons (Fsp3) is 0.294. The first-order valence-corrected chi connectivity index (χ1v) is 10.2. The highest BCUT2D eigenvalue weighted by Gasteiger charge is 2.27. The minimum Gasteiger partial charge on any atom is -0.305 e. The van der Waals surface area contributed by atoms with E-state index < -0.39 is 27.2 Å². The van der Waals surface area contributed by atoms with Crippen molar-refractivity contribution < 1.29 is 13.2 Å². The zero-order chi connectivity index (χ0) is 20.8. The second-order valence-electron chi connectivity index (χ2n) is 6.32. The Morgan fingerprint density at radius 2 is 1.96 bits per heavy atom. The number of aromatic amines is 1. The van der Waals surface area contributed by atoms with Crippen molar-refractivity contribution in [3.8, 4) is 11.3 Å². The van der Waals surface area contributed by atoms with Gasteiger partial charge in [0.15, 0.2) is 0 Å². The maximum absolute atomic E-state index is 13.0. The van der Waals surface area contributed by atoms with Crippen molar-refractivity contribution in [1.82, 2.24) is 19.4 Å². The molecule has 28 heavy (non-hydrogen) atoms. The molecular weight excluding hydrogens is 386 g/mol. The van der Waals surface area contributed by atoms with Gasteiger partial charge in [-0.15, -0.1) is 9.09 Å². The molecule has 11 heteroatoms. The molecule has 0 unspecified atom stereocenters. The SMILES string of the molecule is CCc1cc2[nH]c(=O)n(N(C(C)=O)S(C)(=O)=O)c(=O)c2cc1-c1ccnn1C. The molecule has 0 spiro atoms. The van der Waals surface area contributed by atoms with Gasteiger partial charge in [-0.1, -0.05) is 6.92 Å². The molecule has 10 nitrogen and oxygen atoms in total. The molecule has 1 N–H and O–H groups in total. The van der Waals surface area contributed by atoms with E-state index in [0.717, 1.165) is 30.0 Å². The first-order chi connectivity index (χ1) is 13.1. The maximum Gasteiger partial charge on any atom is 0.349 e. The summed E-state index contributed by atoms with van der Waals surface area (Å²) in [6, 6.07) is 5.02. The Hall–Kier alpha value is -3.21. The third-order valence-electron chi connectivity index (χ3n) is 4.34. The fourth-order valence-electron chi connectivity index (χ4n) is 3.16. The van der Waals surface area contributed by atoms with E-state index in [1.807, 2.05) is 6.92 Å². The summed E-state index contributed by atoms with van der Waals surface area (Å²) in [7, 11) is -2.44. The Labute approximate surface area is 160 Å². The Bertz CT molecular complexity index is 1320. The predicted octanol–water partition coefficient (Wildman–Crippen LogP) is 0.0968. The number of rotatable bonds is 4. The number of nitrogens with one attached hydrogen (secondary N) is 1. The zero-order valence-corrected chi connectivity index (χ0v) is 16.6. The molecule has 148 valence electrons. The van der Waals surface area contributed by atoms with Gasteiger partial charge >= 0.3 is 5.69 Å². The van der Waals surface area contributed by atoms with E-state index in [-0.39, 0.29) is 15.3 Å². The van der Waals surface area contributed by atoms with Crippen LogP contribution in [0.1, 0.15) is 19.4 Å². The average molecular weight is 405 g/mol. The number of benzene rings is 1. The van der Waals surface area contributed by atoms with E-state index in [4.69, 9.17) is 0 Å². The topological polar surface area (TPSA) is 127 Å². The van der Waals surface area contributed by atoms with Crippen molar-refractivity contribution in [3.05, 3.63) is 50.8 Å². The van der Waals surface area contributed by atoms with Gasteiger partial charge in [-0.3, -0.25) is 14.3 Å². The van der Waals surface area contributed by atoms with Gasteiger partial charge in [0.25, 0.3) is 21.5 Å². The van der Waals surface area contributed by atoms with Crippen molar-refractivity contribution in [2.45, 2.75) is 20.3 Å². The summed E-state index contributed by atoms with van der Waals surface area (Å²) in [5.41, 5.74) is 0.669. The number of amides is 1. The number of nitrogens with zero attached hydrogens (tertiary/aromatic N) is 4. The number of hydrogen-bond acceptors (Lipinski definition) is 6. The van der Waals surface area contributed by atoms with Gasteiger partial charge in [0, 0.05) is 25.7 Å². The highest BCUT2D eigenvalue weighted by atomic mass is 32.2. The smallest absolute Gasteiger partial charge is 0.305 e. The van der Waals surface area contributed by atoms with E-state index in [9.17, 15) is 22.8 Å². The monoisotopic (exact) mass is 405 g/mol. The summed E-state index contributed by atoms with van der Waals surface area (Å²) in [6.07, 6.45) is 2.99. The van der Waals surface area contributed by atoms with Crippen LogP contribution in [0.25, 0.3) is 22.2 Å². The molecule has 2 aromatic heterocycles. The van der Waals surface area contributed by atoms with Gasteiger partial charge in [0.1, 0.15) is 0 Å². The van der Waals surface area contributed by atoms with Crippen LogP contribution in [-0.2, 0) is 28.3 Å². The lowest BCUT2D eigenvalue weighted by atomic mass is 10.00.